The monoisotopic (exact) mass is 240 g/mol. The summed E-state index contributed by atoms with van der Waals surface area (Å²) < 4.78 is 5.10. The first-order valence-electron chi connectivity index (χ1n) is 7.04. The van der Waals surface area contributed by atoms with Crippen LogP contribution < -0.4 is 0 Å². The molecule has 0 fully saturated rings. The van der Waals surface area contributed by atoms with Crippen molar-refractivity contribution in [1.29, 1.82) is 0 Å². The minimum atomic E-state index is -0.194. The van der Waals surface area contributed by atoms with Gasteiger partial charge in [0.25, 0.3) is 0 Å². The van der Waals surface area contributed by atoms with Crippen molar-refractivity contribution in [3.05, 3.63) is 12.2 Å². The van der Waals surface area contributed by atoms with Crippen molar-refractivity contribution in [1.82, 2.24) is 0 Å². The van der Waals surface area contributed by atoms with E-state index in [2.05, 4.69) is 20.8 Å². The van der Waals surface area contributed by atoms with Gasteiger partial charge in [-0.05, 0) is 18.8 Å². The maximum absolute atomic E-state index is 11.2. The number of unbranched alkanes of at least 4 members (excludes halogenated alkanes) is 3. The van der Waals surface area contributed by atoms with Crippen molar-refractivity contribution in [2.75, 3.05) is 6.61 Å². The van der Waals surface area contributed by atoms with E-state index in [1.165, 1.54) is 19.3 Å². The van der Waals surface area contributed by atoms with Gasteiger partial charge in [-0.3, -0.25) is 0 Å². The highest BCUT2D eigenvalue weighted by Gasteiger charge is 1.99. The average molecular weight is 240 g/mol. The third kappa shape index (κ3) is 11.5. The van der Waals surface area contributed by atoms with Crippen molar-refractivity contribution in [2.24, 2.45) is 5.92 Å². The molecule has 0 N–H and O–H groups in total. The molecule has 0 saturated heterocycles. The van der Waals surface area contributed by atoms with E-state index in [0.717, 1.165) is 31.6 Å². The Balaban J connectivity index is 3.30. The fourth-order valence-electron chi connectivity index (χ4n) is 1.54. The largest absolute Gasteiger partial charge is 0.463 e. The Morgan fingerprint density at radius 2 is 2.00 bits per heavy atom. The first-order chi connectivity index (χ1) is 8.20. The van der Waals surface area contributed by atoms with E-state index in [4.69, 9.17) is 4.74 Å². The zero-order valence-corrected chi connectivity index (χ0v) is 11.7. The van der Waals surface area contributed by atoms with Gasteiger partial charge in [-0.2, -0.15) is 0 Å². The van der Waals surface area contributed by atoms with Crippen LogP contribution in [0.2, 0.25) is 0 Å². The minimum absolute atomic E-state index is 0.194. The maximum Gasteiger partial charge on any atom is 0.330 e. The Kier molecular flexibility index (Phi) is 11.1. The maximum atomic E-state index is 11.2. The van der Waals surface area contributed by atoms with E-state index in [9.17, 15) is 4.79 Å². The molecule has 0 aromatic rings. The summed E-state index contributed by atoms with van der Waals surface area (Å²) >= 11 is 0. The molecule has 0 aliphatic carbocycles. The number of carbonyl (C=O) groups is 1. The second kappa shape index (κ2) is 11.7. The molecule has 0 rings (SSSR count). The molecular formula is C15H28O2. The van der Waals surface area contributed by atoms with Crippen LogP contribution in [0.4, 0.5) is 0 Å². The quantitative estimate of drug-likeness (QED) is 0.319. The van der Waals surface area contributed by atoms with Crippen LogP contribution in [0.1, 0.15) is 65.7 Å². The summed E-state index contributed by atoms with van der Waals surface area (Å²) in [5, 5.41) is 0. The molecule has 0 radical (unpaired) electrons. The molecule has 0 unspecified atom stereocenters. The normalized spacial score (nSPS) is 12.9. The lowest BCUT2D eigenvalue weighted by atomic mass is 10.0. The second-order valence-electron chi connectivity index (χ2n) is 4.72. The molecule has 2 heteroatoms. The van der Waals surface area contributed by atoms with Gasteiger partial charge in [0.1, 0.15) is 0 Å². The van der Waals surface area contributed by atoms with Gasteiger partial charge in [0.05, 0.1) is 6.61 Å². The lowest BCUT2D eigenvalue weighted by Gasteiger charge is -2.07. The fourth-order valence-corrected chi connectivity index (χ4v) is 1.54. The first-order valence-corrected chi connectivity index (χ1v) is 7.04. The van der Waals surface area contributed by atoms with E-state index in [1.54, 1.807) is 6.08 Å². The molecule has 100 valence electrons. The van der Waals surface area contributed by atoms with E-state index in [1.807, 2.05) is 6.08 Å². The van der Waals surface area contributed by atoms with E-state index in [0.29, 0.717) is 6.61 Å². The van der Waals surface area contributed by atoms with E-state index >= 15 is 0 Å². The Bertz CT molecular complexity index is 209. The average Bonchev–Trinajstić information content (AvgIpc) is 2.33. The molecule has 0 aliphatic rings. The summed E-state index contributed by atoms with van der Waals surface area (Å²) in [5.74, 6) is 0.634. The third-order valence-electron chi connectivity index (χ3n) is 2.99. The van der Waals surface area contributed by atoms with Crippen molar-refractivity contribution in [3.63, 3.8) is 0 Å². The smallest absolute Gasteiger partial charge is 0.330 e. The summed E-state index contributed by atoms with van der Waals surface area (Å²) in [6.07, 6.45) is 11.4. The van der Waals surface area contributed by atoms with Gasteiger partial charge < -0.3 is 4.74 Å². The molecule has 1 atom stereocenters. The highest BCUT2D eigenvalue weighted by Crippen LogP contribution is 2.12. The first kappa shape index (κ1) is 16.2. The Morgan fingerprint density at radius 1 is 1.24 bits per heavy atom. The zero-order chi connectivity index (χ0) is 12.9. The molecule has 0 spiro atoms. The molecule has 0 heterocycles. The predicted molar refractivity (Wildman–Crippen MR) is 72.9 cm³/mol. The summed E-state index contributed by atoms with van der Waals surface area (Å²) in [7, 11) is 0. The van der Waals surface area contributed by atoms with E-state index < -0.39 is 0 Å². The highest BCUT2D eigenvalue weighted by atomic mass is 16.5. The molecule has 2 nitrogen and oxygen atoms in total. The molecule has 0 amide bonds. The third-order valence-corrected chi connectivity index (χ3v) is 2.99. The van der Waals surface area contributed by atoms with Crippen LogP contribution in [0, 0.1) is 5.92 Å². The lowest BCUT2D eigenvalue weighted by Crippen LogP contribution is -2.02. The number of carbonyl (C=O) groups excluding carboxylic acids is 1. The molecule has 0 bridgehead atoms. The van der Waals surface area contributed by atoms with Crippen molar-refractivity contribution >= 4 is 5.97 Å². The molecular weight excluding hydrogens is 212 g/mol. The van der Waals surface area contributed by atoms with Gasteiger partial charge in [0, 0.05) is 6.08 Å². The molecule has 0 aromatic heterocycles. The van der Waals surface area contributed by atoms with Gasteiger partial charge in [-0.15, -0.1) is 0 Å². The minimum Gasteiger partial charge on any atom is -0.463 e. The van der Waals surface area contributed by atoms with Crippen molar-refractivity contribution in [3.8, 4) is 0 Å². The number of esters is 1. The fraction of sp³-hybridized carbons (Fsp3) is 0.800. The topological polar surface area (TPSA) is 26.3 Å². The van der Waals surface area contributed by atoms with Crippen molar-refractivity contribution in [2.45, 2.75) is 65.7 Å². The Labute approximate surface area is 106 Å². The van der Waals surface area contributed by atoms with Crippen LogP contribution in [0.25, 0.3) is 0 Å². The number of hydrogen-bond donors (Lipinski definition) is 0. The molecule has 0 aliphatic heterocycles. The van der Waals surface area contributed by atoms with Gasteiger partial charge in [0.15, 0.2) is 0 Å². The second-order valence-corrected chi connectivity index (χ2v) is 4.72. The highest BCUT2D eigenvalue weighted by molar-refractivity contribution is 5.81. The molecule has 0 aromatic carbocycles. The Morgan fingerprint density at radius 3 is 2.65 bits per heavy atom. The number of allylic oxidation sites excluding steroid dienone is 1. The molecule has 0 saturated carbocycles. The van der Waals surface area contributed by atoms with E-state index in [-0.39, 0.29) is 5.97 Å². The number of ether oxygens (including phenoxy) is 1. The van der Waals surface area contributed by atoms with Crippen LogP contribution in [-0.2, 0) is 9.53 Å². The van der Waals surface area contributed by atoms with Crippen LogP contribution in [0.15, 0.2) is 12.2 Å². The van der Waals surface area contributed by atoms with Crippen LogP contribution >= 0.6 is 0 Å². The van der Waals surface area contributed by atoms with Gasteiger partial charge in [0.2, 0.25) is 0 Å². The van der Waals surface area contributed by atoms with Crippen LogP contribution in [0.3, 0.4) is 0 Å². The Hall–Kier alpha value is -0.790. The SMILES string of the molecule is CCC/C=C/C(=O)OCCCCC[C@@H](C)CC. The predicted octanol–water partition coefficient (Wildman–Crippen LogP) is 4.49. The number of rotatable bonds is 10. The van der Waals surface area contributed by atoms with Gasteiger partial charge >= 0.3 is 5.97 Å². The van der Waals surface area contributed by atoms with Crippen LogP contribution in [-0.4, -0.2) is 12.6 Å². The summed E-state index contributed by atoms with van der Waals surface area (Å²) in [6, 6.07) is 0. The summed E-state index contributed by atoms with van der Waals surface area (Å²) in [6.45, 7) is 7.18. The lowest BCUT2D eigenvalue weighted by molar-refractivity contribution is -0.137. The van der Waals surface area contributed by atoms with Gasteiger partial charge in [-0.25, -0.2) is 4.79 Å². The number of hydrogen-bond acceptors (Lipinski definition) is 2. The standard InChI is InChI=1S/C15H28O2/c1-4-6-8-12-15(16)17-13-10-7-9-11-14(3)5-2/h8,12,14H,4-7,9-11,13H2,1-3H3/b12-8+/t14-/m0/s1. The molecule has 17 heavy (non-hydrogen) atoms. The van der Waals surface area contributed by atoms with Crippen molar-refractivity contribution < 1.29 is 9.53 Å². The summed E-state index contributed by atoms with van der Waals surface area (Å²) in [5.41, 5.74) is 0. The van der Waals surface area contributed by atoms with Gasteiger partial charge in [-0.1, -0.05) is 59.0 Å². The summed E-state index contributed by atoms with van der Waals surface area (Å²) in [4.78, 5) is 11.2. The van der Waals surface area contributed by atoms with Crippen LogP contribution in [0.5, 0.6) is 0 Å². The zero-order valence-electron chi connectivity index (χ0n) is 11.7.